The lowest BCUT2D eigenvalue weighted by atomic mass is 9.80. The van der Waals surface area contributed by atoms with Crippen LogP contribution in [0.5, 0.6) is 5.75 Å². The molecule has 1 aromatic carbocycles. The zero-order valence-corrected chi connectivity index (χ0v) is 12.9. The first kappa shape index (κ1) is 15.3. The normalized spacial score (nSPS) is 26.8. The molecule has 1 aromatic rings. The van der Waals surface area contributed by atoms with E-state index in [-0.39, 0.29) is 6.10 Å². The fourth-order valence-corrected chi connectivity index (χ4v) is 3.23. The molecule has 112 valence electrons. The summed E-state index contributed by atoms with van der Waals surface area (Å²) in [4.78, 5) is 2.31. The summed E-state index contributed by atoms with van der Waals surface area (Å²) in [5, 5.41) is 10.1. The van der Waals surface area contributed by atoms with Crippen LogP contribution in [0.25, 0.3) is 0 Å². The second-order valence-electron chi connectivity index (χ2n) is 6.29. The van der Waals surface area contributed by atoms with E-state index in [1.807, 2.05) is 12.1 Å². The van der Waals surface area contributed by atoms with E-state index >= 15 is 0 Å². The molecule has 0 radical (unpaired) electrons. The van der Waals surface area contributed by atoms with Crippen LogP contribution in [0.2, 0.25) is 0 Å². The summed E-state index contributed by atoms with van der Waals surface area (Å²) in [6, 6.07) is 8.20. The number of benzene rings is 1. The van der Waals surface area contributed by atoms with Crippen LogP contribution >= 0.6 is 0 Å². The quantitative estimate of drug-likeness (QED) is 0.898. The molecular formula is C17H27NO2. The summed E-state index contributed by atoms with van der Waals surface area (Å²) in [7, 11) is 3.83. The van der Waals surface area contributed by atoms with Crippen LogP contribution in [0.1, 0.15) is 31.7 Å². The maximum absolute atomic E-state index is 10.1. The van der Waals surface area contributed by atoms with Gasteiger partial charge in [0.2, 0.25) is 0 Å². The molecule has 0 spiro atoms. The van der Waals surface area contributed by atoms with Gasteiger partial charge in [0.25, 0.3) is 0 Å². The van der Waals surface area contributed by atoms with E-state index in [2.05, 4.69) is 31.0 Å². The third-order valence-corrected chi connectivity index (χ3v) is 4.34. The highest BCUT2D eigenvalue weighted by Crippen LogP contribution is 2.29. The van der Waals surface area contributed by atoms with Crippen molar-refractivity contribution in [3.05, 3.63) is 29.8 Å². The smallest absolute Gasteiger partial charge is 0.119 e. The average Bonchev–Trinajstić information content (AvgIpc) is 2.43. The van der Waals surface area contributed by atoms with Crippen molar-refractivity contribution in [1.82, 2.24) is 4.90 Å². The molecule has 3 unspecified atom stereocenters. The van der Waals surface area contributed by atoms with Gasteiger partial charge in [-0.25, -0.2) is 0 Å². The first-order chi connectivity index (χ1) is 9.58. The van der Waals surface area contributed by atoms with Crippen molar-refractivity contribution in [3.8, 4) is 5.75 Å². The summed E-state index contributed by atoms with van der Waals surface area (Å²) in [6.45, 7) is 4.15. The van der Waals surface area contributed by atoms with E-state index in [1.54, 1.807) is 7.11 Å². The van der Waals surface area contributed by atoms with E-state index in [4.69, 9.17) is 4.74 Å². The zero-order chi connectivity index (χ0) is 14.5. The Bertz CT molecular complexity index is 421. The van der Waals surface area contributed by atoms with E-state index in [9.17, 15) is 5.11 Å². The van der Waals surface area contributed by atoms with Crippen molar-refractivity contribution in [3.63, 3.8) is 0 Å². The molecule has 3 atom stereocenters. The van der Waals surface area contributed by atoms with Gasteiger partial charge in [0.15, 0.2) is 0 Å². The molecule has 0 saturated heterocycles. The maximum atomic E-state index is 10.1. The number of methoxy groups -OCH3 is 1. The first-order valence-electron chi connectivity index (χ1n) is 7.58. The summed E-state index contributed by atoms with van der Waals surface area (Å²) in [6.07, 6.45) is 3.14. The molecule has 0 aliphatic heterocycles. The number of rotatable bonds is 5. The van der Waals surface area contributed by atoms with Crippen LogP contribution in [0.15, 0.2) is 24.3 Å². The van der Waals surface area contributed by atoms with Crippen LogP contribution in [-0.2, 0) is 6.54 Å². The Morgan fingerprint density at radius 3 is 2.90 bits per heavy atom. The summed E-state index contributed by atoms with van der Waals surface area (Å²) < 4.78 is 5.26. The Morgan fingerprint density at radius 1 is 1.35 bits per heavy atom. The van der Waals surface area contributed by atoms with Crippen molar-refractivity contribution in [2.75, 3.05) is 20.7 Å². The van der Waals surface area contributed by atoms with Crippen LogP contribution in [-0.4, -0.2) is 36.8 Å². The minimum atomic E-state index is -0.126. The average molecular weight is 277 g/mol. The number of nitrogens with zero attached hydrogens (tertiary/aromatic N) is 1. The highest BCUT2D eigenvalue weighted by molar-refractivity contribution is 5.28. The van der Waals surface area contributed by atoms with Gasteiger partial charge < -0.3 is 14.7 Å². The van der Waals surface area contributed by atoms with E-state index < -0.39 is 0 Å². The SMILES string of the molecule is COc1cccc(CN(C)CC2CC(C)CCC2O)c1. The molecule has 0 bridgehead atoms. The van der Waals surface area contributed by atoms with Crippen molar-refractivity contribution in [1.29, 1.82) is 0 Å². The number of aliphatic hydroxyl groups excluding tert-OH is 1. The predicted octanol–water partition coefficient (Wildman–Crippen LogP) is 2.92. The van der Waals surface area contributed by atoms with Crippen LogP contribution in [0, 0.1) is 11.8 Å². The molecule has 0 amide bonds. The topological polar surface area (TPSA) is 32.7 Å². The molecule has 3 heteroatoms. The molecule has 1 saturated carbocycles. The second-order valence-corrected chi connectivity index (χ2v) is 6.29. The fourth-order valence-electron chi connectivity index (χ4n) is 3.23. The Labute approximate surface area is 122 Å². The lowest BCUT2D eigenvalue weighted by molar-refractivity contribution is 0.0338. The lowest BCUT2D eigenvalue weighted by Crippen LogP contribution is -2.36. The van der Waals surface area contributed by atoms with Gasteiger partial charge >= 0.3 is 0 Å². The molecule has 0 aromatic heterocycles. The molecule has 20 heavy (non-hydrogen) atoms. The predicted molar refractivity (Wildman–Crippen MR) is 81.8 cm³/mol. The third kappa shape index (κ3) is 4.22. The maximum Gasteiger partial charge on any atom is 0.119 e. The standard InChI is InChI=1S/C17H27NO2/c1-13-7-8-17(19)15(9-13)12-18(2)11-14-5-4-6-16(10-14)20-3/h4-6,10,13,15,17,19H,7-9,11-12H2,1-3H3. The van der Waals surface area contributed by atoms with Gasteiger partial charge in [-0.3, -0.25) is 0 Å². The third-order valence-electron chi connectivity index (χ3n) is 4.34. The zero-order valence-electron chi connectivity index (χ0n) is 12.9. The molecule has 1 N–H and O–H groups in total. The van der Waals surface area contributed by atoms with Gasteiger partial charge in [-0.05, 0) is 55.8 Å². The van der Waals surface area contributed by atoms with Gasteiger partial charge in [0.05, 0.1) is 13.2 Å². The van der Waals surface area contributed by atoms with Crippen molar-refractivity contribution in [2.24, 2.45) is 11.8 Å². The van der Waals surface area contributed by atoms with Gasteiger partial charge in [-0.1, -0.05) is 19.1 Å². The Morgan fingerprint density at radius 2 is 2.15 bits per heavy atom. The van der Waals surface area contributed by atoms with Crippen LogP contribution < -0.4 is 4.74 Å². The van der Waals surface area contributed by atoms with Crippen molar-refractivity contribution < 1.29 is 9.84 Å². The van der Waals surface area contributed by atoms with Crippen LogP contribution in [0.3, 0.4) is 0 Å². The summed E-state index contributed by atoms with van der Waals surface area (Å²) >= 11 is 0. The second kappa shape index (κ2) is 7.09. The summed E-state index contributed by atoms with van der Waals surface area (Å²) in [5.74, 6) is 2.06. The minimum absolute atomic E-state index is 0.126. The van der Waals surface area contributed by atoms with Crippen molar-refractivity contribution >= 4 is 0 Å². The Kier molecular flexibility index (Phi) is 5.44. The number of hydrogen-bond acceptors (Lipinski definition) is 3. The molecule has 2 rings (SSSR count). The Hall–Kier alpha value is -1.06. The van der Waals surface area contributed by atoms with E-state index in [1.165, 1.54) is 5.56 Å². The van der Waals surface area contributed by atoms with E-state index in [0.717, 1.165) is 44.0 Å². The minimum Gasteiger partial charge on any atom is -0.497 e. The van der Waals surface area contributed by atoms with Gasteiger partial charge in [-0.2, -0.15) is 0 Å². The molecule has 3 nitrogen and oxygen atoms in total. The van der Waals surface area contributed by atoms with Crippen molar-refractivity contribution in [2.45, 2.75) is 38.8 Å². The molecule has 0 heterocycles. The monoisotopic (exact) mass is 277 g/mol. The number of aliphatic hydroxyl groups is 1. The van der Waals surface area contributed by atoms with Gasteiger partial charge in [-0.15, -0.1) is 0 Å². The fraction of sp³-hybridized carbons (Fsp3) is 0.647. The first-order valence-corrected chi connectivity index (χ1v) is 7.58. The van der Waals surface area contributed by atoms with Gasteiger partial charge in [0, 0.05) is 13.1 Å². The molecule has 1 aliphatic carbocycles. The van der Waals surface area contributed by atoms with Gasteiger partial charge in [0.1, 0.15) is 5.75 Å². The molecule has 1 fully saturated rings. The highest BCUT2D eigenvalue weighted by Gasteiger charge is 2.27. The lowest BCUT2D eigenvalue weighted by Gasteiger charge is -2.34. The number of ether oxygens (including phenoxy) is 1. The Balaban J connectivity index is 1.89. The number of hydrogen-bond donors (Lipinski definition) is 1. The largest absolute Gasteiger partial charge is 0.497 e. The van der Waals surface area contributed by atoms with E-state index in [0.29, 0.717) is 5.92 Å². The van der Waals surface area contributed by atoms with Crippen LogP contribution in [0.4, 0.5) is 0 Å². The molecule has 1 aliphatic rings. The molecular weight excluding hydrogens is 250 g/mol. The highest BCUT2D eigenvalue weighted by atomic mass is 16.5. The summed E-state index contributed by atoms with van der Waals surface area (Å²) in [5.41, 5.74) is 1.25.